The molecule has 0 amide bonds. The van der Waals surface area contributed by atoms with Crippen LogP contribution in [0.2, 0.25) is 0 Å². The number of benzene rings is 1. The molecule has 0 fully saturated rings. The van der Waals surface area contributed by atoms with Gasteiger partial charge in [-0.3, -0.25) is 0 Å². The van der Waals surface area contributed by atoms with Crippen molar-refractivity contribution >= 4 is 15.5 Å². The highest BCUT2D eigenvalue weighted by Crippen LogP contribution is 2.21. The molecular formula is C14H18N2O3S. The van der Waals surface area contributed by atoms with Gasteiger partial charge in [0.1, 0.15) is 5.76 Å². The molecule has 2 aromatic rings. The highest BCUT2D eigenvalue weighted by Gasteiger charge is 2.13. The second-order valence-electron chi connectivity index (χ2n) is 4.92. The number of anilines is 1. The Bertz CT molecular complexity index is 683. The number of sulfone groups is 1. The molecule has 108 valence electrons. The lowest BCUT2D eigenvalue weighted by Crippen LogP contribution is -2.17. The van der Waals surface area contributed by atoms with Crippen molar-refractivity contribution in [2.45, 2.75) is 25.3 Å². The van der Waals surface area contributed by atoms with Crippen LogP contribution in [-0.2, 0) is 16.4 Å². The summed E-state index contributed by atoms with van der Waals surface area (Å²) >= 11 is 0. The van der Waals surface area contributed by atoms with Gasteiger partial charge in [-0.25, -0.2) is 8.42 Å². The first-order valence-corrected chi connectivity index (χ1v) is 8.11. The lowest BCUT2D eigenvalue weighted by Gasteiger charge is -2.19. The molecule has 0 N–H and O–H groups in total. The third-order valence-electron chi connectivity index (χ3n) is 3.28. The van der Waals surface area contributed by atoms with Gasteiger partial charge < -0.3 is 9.42 Å². The molecule has 0 unspecified atom stereocenters. The monoisotopic (exact) mass is 294 g/mol. The van der Waals surface area contributed by atoms with Gasteiger partial charge in [0.15, 0.2) is 9.84 Å². The first-order chi connectivity index (χ1) is 9.29. The van der Waals surface area contributed by atoms with Crippen molar-refractivity contribution in [3.8, 4) is 0 Å². The maximum Gasteiger partial charge on any atom is 0.175 e. The topological polar surface area (TPSA) is 63.4 Å². The van der Waals surface area contributed by atoms with Gasteiger partial charge in [-0.15, -0.1) is 0 Å². The number of aromatic nitrogens is 1. The van der Waals surface area contributed by atoms with Crippen LogP contribution in [0.15, 0.2) is 33.7 Å². The number of hydrogen-bond acceptors (Lipinski definition) is 5. The van der Waals surface area contributed by atoms with E-state index in [1.165, 1.54) is 6.26 Å². The zero-order chi connectivity index (χ0) is 14.9. The van der Waals surface area contributed by atoms with E-state index in [2.05, 4.69) is 5.16 Å². The fourth-order valence-corrected chi connectivity index (χ4v) is 2.63. The Morgan fingerprint density at radius 2 is 1.80 bits per heavy atom. The van der Waals surface area contributed by atoms with E-state index < -0.39 is 9.84 Å². The number of nitrogens with zero attached hydrogens (tertiary/aromatic N) is 2. The van der Waals surface area contributed by atoms with Crippen molar-refractivity contribution in [2.24, 2.45) is 0 Å². The van der Waals surface area contributed by atoms with Gasteiger partial charge in [0, 0.05) is 31.1 Å². The second kappa shape index (κ2) is 5.28. The van der Waals surface area contributed by atoms with Gasteiger partial charge in [0.2, 0.25) is 0 Å². The molecule has 0 aliphatic carbocycles. The van der Waals surface area contributed by atoms with E-state index in [-0.39, 0.29) is 0 Å². The Labute approximate surface area is 119 Å². The van der Waals surface area contributed by atoms with Crippen molar-refractivity contribution in [3.05, 3.63) is 41.3 Å². The van der Waals surface area contributed by atoms with Crippen LogP contribution in [0.4, 0.5) is 5.69 Å². The van der Waals surface area contributed by atoms with E-state index in [1.807, 2.05) is 25.8 Å². The van der Waals surface area contributed by atoms with Gasteiger partial charge in [-0.2, -0.15) is 0 Å². The maximum atomic E-state index is 11.4. The fourth-order valence-electron chi connectivity index (χ4n) is 2.00. The molecule has 0 bridgehead atoms. The quantitative estimate of drug-likeness (QED) is 0.866. The summed E-state index contributed by atoms with van der Waals surface area (Å²) in [6, 6.07) is 6.84. The van der Waals surface area contributed by atoms with Gasteiger partial charge in [-0.05, 0) is 38.1 Å². The summed E-state index contributed by atoms with van der Waals surface area (Å²) < 4.78 is 28.0. The Morgan fingerprint density at radius 3 is 2.25 bits per heavy atom. The lowest BCUT2D eigenvalue weighted by atomic mass is 10.2. The summed E-state index contributed by atoms with van der Waals surface area (Å²) in [6.07, 6.45) is 1.20. The van der Waals surface area contributed by atoms with Crippen LogP contribution in [0.5, 0.6) is 0 Å². The lowest BCUT2D eigenvalue weighted by molar-refractivity contribution is 0.392. The molecule has 0 saturated carbocycles. The Morgan fingerprint density at radius 1 is 1.20 bits per heavy atom. The standard InChI is InChI=1S/C14H18N2O3S/c1-10-14(11(2)19-15-10)9-16(3)12-5-7-13(8-6-12)20(4,17)18/h5-8H,9H2,1-4H3. The highest BCUT2D eigenvalue weighted by atomic mass is 32.2. The molecule has 1 aromatic carbocycles. The minimum atomic E-state index is -3.15. The summed E-state index contributed by atoms with van der Waals surface area (Å²) in [5, 5.41) is 3.93. The number of hydrogen-bond donors (Lipinski definition) is 0. The maximum absolute atomic E-state index is 11.4. The Balaban J connectivity index is 2.20. The summed E-state index contributed by atoms with van der Waals surface area (Å²) in [5.74, 6) is 0.808. The summed E-state index contributed by atoms with van der Waals surface area (Å²) in [4.78, 5) is 2.35. The number of rotatable bonds is 4. The highest BCUT2D eigenvalue weighted by molar-refractivity contribution is 7.90. The second-order valence-corrected chi connectivity index (χ2v) is 6.94. The van der Waals surface area contributed by atoms with Gasteiger partial charge >= 0.3 is 0 Å². The Kier molecular flexibility index (Phi) is 3.85. The summed E-state index contributed by atoms with van der Waals surface area (Å²) in [7, 11) is -1.21. The van der Waals surface area contributed by atoms with Crippen LogP contribution in [0.25, 0.3) is 0 Å². The van der Waals surface area contributed by atoms with Gasteiger partial charge in [-0.1, -0.05) is 5.16 Å². The molecular weight excluding hydrogens is 276 g/mol. The molecule has 6 heteroatoms. The van der Waals surface area contributed by atoms with Crippen LogP contribution in [0.1, 0.15) is 17.0 Å². The van der Waals surface area contributed by atoms with E-state index in [0.717, 1.165) is 22.7 Å². The molecule has 0 spiro atoms. The van der Waals surface area contributed by atoms with Crippen LogP contribution in [-0.4, -0.2) is 26.9 Å². The van der Waals surface area contributed by atoms with Crippen molar-refractivity contribution in [3.63, 3.8) is 0 Å². The van der Waals surface area contributed by atoms with Crippen molar-refractivity contribution in [1.82, 2.24) is 5.16 Å². The average molecular weight is 294 g/mol. The molecule has 0 atom stereocenters. The fraction of sp³-hybridized carbons (Fsp3) is 0.357. The predicted molar refractivity (Wildman–Crippen MR) is 77.6 cm³/mol. The third-order valence-corrected chi connectivity index (χ3v) is 4.41. The van der Waals surface area contributed by atoms with Crippen molar-refractivity contribution < 1.29 is 12.9 Å². The van der Waals surface area contributed by atoms with Crippen LogP contribution < -0.4 is 4.90 Å². The third kappa shape index (κ3) is 3.01. The minimum absolute atomic E-state index is 0.326. The van der Waals surface area contributed by atoms with E-state index in [1.54, 1.807) is 24.3 Å². The molecule has 5 nitrogen and oxygen atoms in total. The molecule has 0 aliphatic rings. The zero-order valence-electron chi connectivity index (χ0n) is 12.0. The molecule has 0 radical (unpaired) electrons. The summed E-state index contributed by atoms with van der Waals surface area (Å²) in [6.45, 7) is 4.46. The van der Waals surface area contributed by atoms with E-state index in [0.29, 0.717) is 11.4 Å². The molecule has 20 heavy (non-hydrogen) atoms. The first-order valence-electron chi connectivity index (χ1n) is 6.22. The van der Waals surface area contributed by atoms with E-state index in [9.17, 15) is 8.42 Å². The van der Waals surface area contributed by atoms with E-state index in [4.69, 9.17) is 4.52 Å². The van der Waals surface area contributed by atoms with Crippen molar-refractivity contribution in [2.75, 3.05) is 18.2 Å². The Hall–Kier alpha value is -1.82. The van der Waals surface area contributed by atoms with Crippen LogP contribution >= 0.6 is 0 Å². The molecule has 1 heterocycles. The normalized spacial score (nSPS) is 11.6. The summed E-state index contributed by atoms with van der Waals surface area (Å²) in [5.41, 5.74) is 2.87. The van der Waals surface area contributed by atoms with Gasteiger partial charge in [0.05, 0.1) is 10.6 Å². The van der Waals surface area contributed by atoms with E-state index >= 15 is 0 Å². The molecule has 0 saturated heterocycles. The van der Waals surface area contributed by atoms with Gasteiger partial charge in [0.25, 0.3) is 0 Å². The SMILES string of the molecule is Cc1noc(C)c1CN(C)c1ccc(S(C)(=O)=O)cc1. The van der Waals surface area contributed by atoms with Crippen LogP contribution in [0, 0.1) is 13.8 Å². The van der Waals surface area contributed by atoms with Crippen molar-refractivity contribution in [1.29, 1.82) is 0 Å². The molecule has 1 aromatic heterocycles. The zero-order valence-corrected chi connectivity index (χ0v) is 12.9. The minimum Gasteiger partial charge on any atom is -0.370 e. The first kappa shape index (κ1) is 14.6. The largest absolute Gasteiger partial charge is 0.370 e. The smallest absolute Gasteiger partial charge is 0.175 e. The molecule has 0 aliphatic heterocycles. The predicted octanol–water partition coefficient (Wildman–Crippen LogP) is 2.33. The number of aryl methyl sites for hydroxylation is 2. The van der Waals surface area contributed by atoms with Crippen LogP contribution in [0.3, 0.4) is 0 Å². The average Bonchev–Trinajstić information content (AvgIpc) is 2.69. The molecule has 2 rings (SSSR count).